The summed E-state index contributed by atoms with van der Waals surface area (Å²) in [6, 6.07) is 0.599. The van der Waals surface area contributed by atoms with E-state index >= 15 is 0 Å². The van der Waals surface area contributed by atoms with Gasteiger partial charge in [0.25, 0.3) is 0 Å². The summed E-state index contributed by atoms with van der Waals surface area (Å²) in [7, 11) is 0. The first-order valence-corrected chi connectivity index (χ1v) is 10.6. The minimum Gasteiger partial charge on any atom is -0.379 e. The molecule has 5 nitrogen and oxygen atoms in total. The number of hydrogen-bond acceptors (Lipinski definition) is 4. The number of likely N-dealkylation sites (tertiary alicyclic amines) is 1. The Morgan fingerprint density at radius 3 is 2.56 bits per heavy atom. The molecule has 1 aliphatic carbocycles. The summed E-state index contributed by atoms with van der Waals surface area (Å²) in [5, 5.41) is 3.32. The second-order valence-corrected chi connectivity index (χ2v) is 8.19. The monoisotopic (exact) mass is 351 g/mol. The Bertz CT molecular complexity index is 417. The fraction of sp³-hybridized carbons (Fsp3) is 0.950. The van der Waals surface area contributed by atoms with Crippen LogP contribution in [0.3, 0.4) is 0 Å². The van der Waals surface area contributed by atoms with Gasteiger partial charge in [0.2, 0.25) is 5.91 Å². The van der Waals surface area contributed by atoms with Crippen molar-refractivity contribution in [1.29, 1.82) is 0 Å². The molecule has 0 aromatic heterocycles. The number of nitrogens with one attached hydrogen (secondary N) is 1. The zero-order valence-corrected chi connectivity index (χ0v) is 16.1. The topological polar surface area (TPSA) is 44.8 Å². The third kappa shape index (κ3) is 4.95. The van der Waals surface area contributed by atoms with Crippen LogP contribution in [0.15, 0.2) is 0 Å². The van der Waals surface area contributed by atoms with Gasteiger partial charge in [0.1, 0.15) is 0 Å². The molecule has 0 aromatic rings. The number of rotatable bonds is 6. The number of piperidine rings is 1. The van der Waals surface area contributed by atoms with Crippen molar-refractivity contribution in [2.75, 3.05) is 45.9 Å². The van der Waals surface area contributed by atoms with Crippen LogP contribution < -0.4 is 5.32 Å². The SMILES string of the molecule is CCC1CCCCN1CC(=O)NCC1(N2CCOCC2)CCCCC1. The summed E-state index contributed by atoms with van der Waals surface area (Å²) < 4.78 is 5.55. The lowest BCUT2D eigenvalue weighted by molar-refractivity contribution is -0.124. The highest BCUT2D eigenvalue weighted by molar-refractivity contribution is 5.78. The van der Waals surface area contributed by atoms with E-state index in [2.05, 4.69) is 22.0 Å². The first-order chi connectivity index (χ1) is 12.2. The van der Waals surface area contributed by atoms with Gasteiger partial charge in [0.15, 0.2) is 0 Å². The number of amides is 1. The molecule has 2 saturated heterocycles. The molecule has 0 bridgehead atoms. The minimum absolute atomic E-state index is 0.170. The normalized spacial score (nSPS) is 28.6. The number of morpholine rings is 1. The fourth-order valence-corrected chi connectivity index (χ4v) is 5.09. The third-order valence-electron chi connectivity index (χ3n) is 6.65. The lowest BCUT2D eigenvalue weighted by Crippen LogP contribution is -2.60. The van der Waals surface area contributed by atoms with Crippen LogP contribution in [-0.4, -0.2) is 73.2 Å². The highest BCUT2D eigenvalue weighted by atomic mass is 16.5. The largest absolute Gasteiger partial charge is 0.379 e. The standard InChI is InChI=1S/C20H37N3O2/c1-2-18-8-4-7-11-22(18)16-19(24)21-17-20(9-5-3-6-10-20)23-12-14-25-15-13-23/h18H,2-17H2,1H3,(H,21,24). The van der Waals surface area contributed by atoms with Crippen LogP contribution in [0.25, 0.3) is 0 Å². The molecular formula is C20H37N3O2. The first-order valence-electron chi connectivity index (χ1n) is 10.6. The highest BCUT2D eigenvalue weighted by Crippen LogP contribution is 2.33. The van der Waals surface area contributed by atoms with E-state index in [0.717, 1.165) is 45.8 Å². The molecule has 2 heterocycles. The maximum absolute atomic E-state index is 12.6. The zero-order valence-electron chi connectivity index (χ0n) is 16.1. The van der Waals surface area contributed by atoms with Crippen molar-refractivity contribution in [3.8, 4) is 0 Å². The van der Waals surface area contributed by atoms with Crippen LogP contribution in [0.4, 0.5) is 0 Å². The van der Waals surface area contributed by atoms with Gasteiger partial charge in [-0.2, -0.15) is 0 Å². The summed E-state index contributed by atoms with van der Waals surface area (Å²) in [5.74, 6) is 0.221. The first kappa shape index (κ1) is 19.1. The molecule has 1 N–H and O–H groups in total. The summed E-state index contributed by atoms with van der Waals surface area (Å²) in [6.07, 6.45) is 11.3. The van der Waals surface area contributed by atoms with Gasteiger partial charge in [0, 0.05) is 31.2 Å². The second-order valence-electron chi connectivity index (χ2n) is 8.19. The van der Waals surface area contributed by atoms with Crippen LogP contribution in [0.1, 0.15) is 64.7 Å². The van der Waals surface area contributed by atoms with E-state index in [1.165, 1.54) is 51.4 Å². The van der Waals surface area contributed by atoms with Crippen LogP contribution in [-0.2, 0) is 9.53 Å². The van der Waals surface area contributed by atoms with E-state index < -0.39 is 0 Å². The molecule has 3 fully saturated rings. The van der Waals surface area contributed by atoms with Crippen molar-refractivity contribution < 1.29 is 9.53 Å². The van der Waals surface area contributed by atoms with E-state index in [4.69, 9.17) is 4.74 Å². The average Bonchev–Trinajstić information content (AvgIpc) is 2.68. The zero-order chi connectivity index (χ0) is 17.5. The molecule has 25 heavy (non-hydrogen) atoms. The number of ether oxygens (including phenoxy) is 1. The predicted molar refractivity (Wildman–Crippen MR) is 101 cm³/mol. The quantitative estimate of drug-likeness (QED) is 0.798. The van der Waals surface area contributed by atoms with E-state index in [-0.39, 0.29) is 11.4 Å². The van der Waals surface area contributed by atoms with E-state index in [1.807, 2.05) is 0 Å². The van der Waals surface area contributed by atoms with E-state index in [0.29, 0.717) is 12.6 Å². The molecule has 1 saturated carbocycles. The van der Waals surface area contributed by atoms with E-state index in [1.54, 1.807) is 0 Å². The maximum atomic E-state index is 12.6. The molecule has 1 amide bonds. The summed E-state index contributed by atoms with van der Waals surface area (Å²) in [5.41, 5.74) is 0.170. The molecule has 0 aromatic carbocycles. The summed E-state index contributed by atoms with van der Waals surface area (Å²) >= 11 is 0. The Labute approximate surface area is 153 Å². The van der Waals surface area contributed by atoms with Crippen molar-refractivity contribution in [3.05, 3.63) is 0 Å². The van der Waals surface area contributed by atoms with Gasteiger partial charge in [-0.25, -0.2) is 0 Å². The van der Waals surface area contributed by atoms with Crippen molar-refractivity contribution in [2.24, 2.45) is 0 Å². The molecule has 1 atom stereocenters. The molecular weight excluding hydrogens is 314 g/mol. The molecule has 2 aliphatic heterocycles. The van der Waals surface area contributed by atoms with Crippen LogP contribution in [0.5, 0.6) is 0 Å². The third-order valence-corrected chi connectivity index (χ3v) is 6.65. The molecule has 3 rings (SSSR count). The molecule has 1 unspecified atom stereocenters. The maximum Gasteiger partial charge on any atom is 0.234 e. The van der Waals surface area contributed by atoms with Gasteiger partial charge in [-0.05, 0) is 38.6 Å². The fourth-order valence-electron chi connectivity index (χ4n) is 5.09. The smallest absolute Gasteiger partial charge is 0.234 e. The van der Waals surface area contributed by atoms with Crippen molar-refractivity contribution in [1.82, 2.24) is 15.1 Å². The average molecular weight is 352 g/mol. The van der Waals surface area contributed by atoms with Crippen molar-refractivity contribution >= 4 is 5.91 Å². The van der Waals surface area contributed by atoms with Crippen LogP contribution in [0, 0.1) is 0 Å². The Kier molecular flexibility index (Phi) is 7.14. The molecule has 144 valence electrons. The molecule has 0 spiro atoms. The molecule has 3 aliphatic rings. The summed E-state index contributed by atoms with van der Waals surface area (Å²) in [4.78, 5) is 17.7. The lowest BCUT2D eigenvalue weighted by Gasteiger charge is -2.48. The van der Waals surface area contributed by atoms with Gasteiger partial charge < -0.3 is 10.1 Å². The van der Waals surface area contributed by atoms with Crippen LogP contribution in [0.2, 0.25) is 0 Å². The van der Waals surface area contributed by atoms with Crippen molar-refractivity contribution in [2.45, 2.75) is 76.3 Å². The number of carbonyl (C=O) groups excluding carboxylic acids is 1. The highest BCUT2D eigenvalue weighted by Gasteiger charge is 2.39. The molecule has 0 radical (unpaired) electrons. The van der Waals surface area contributed by atoms with Gasteiger partial charge in [0.05, 0.1) is 19.8 Å². The Morgan fingerprint density at radius 1 is 1.08 bits per heavy atom. The number of carbonyl (C=O) groups is 1. The van der Waals surface area contributed by atoms with Gasteiger partial charge in [-0.15, -0.1) is 0 Å². The van der Waals surface area contributed by atoms with Crippen LogP contribution >= 0.6 is 0 Å². The number of hydrogen-bond donors (Lipinski definition) is 1. The number of nitrogens with zero attached hydrogens (tertiary/aromatic N) is 2. The van der Waals surface area contributed by atoms with Gasteiger partial charge in [-0.3, -0.25) is 14.6 Å². The lowest BCUT2D eigenvalue weighted by atomic mass is 9.79. The molecule has 5 heteroatoms. The van der Waals surface area contributed by atoms with Crippen molar-refractivity contribution in [3.63, 3.8) is 0 Å². The second kappa shape index (κ2) is 9.33. The van der Waals surface area contributed by atoms with E-state index in [9.17, 15) is 4.79 Å². The summed E-state index contributed by atoms with van der Waals surface area (Å²) in [6.45, 7) is 8.42. The van der Waals surface area contributed by atoms with Gasteiger partial charge >= 0.3 is 0 Å². The Morgan fingerprint density at radius 2 is 1.84 bits per heavy atom. The predicted octanol–water partition coefficient (Wildman–Crippen LogP) is 2.40. The Balaban J connectivity index is 1.54. The minimum atomic E-state index is 0.170. The Hall–Kier alpha value is -0.650. The van der Waals surface area contributed by atoms with Gasteiger partial charge in [-0.1, -0.05) is 32.6 Å².